The fraction of sp³-hybridized carbons (Fsp3) is 0.478. The Morgan fingerprint density at radius 1 is 1.11 bits per heavy atom. The number of hydrogen-bond acceptors (Lipinski definition) is 9. The van der Waals surface area contributed by atoms with E-state index in [1.54, 1.807) is 19.9 Å². The number of fused-ring (bicyclic) bond motifs is 3. The molecular weight excluding hydrogens is 490 g/mol. The number of nitrogens with one attached hydrogen (secondary N) is 2. The van der Waals surface area contributed by atoms with Gasteiger partial charge < -0.3 is 24.1 Å². The van der Waals surface area contributed by atoms with Crippen LogP contribution in [0.25, 0.3) is 21.9 Å². The number of benzene rings is 1. The molecule has 3 rings (SSSR count). The van der Waals surface area contributed by atoms with Gasteiger partial charge >= 0.3 is 5.97 Å². The first-order chi connectivity index (χ1) is 16.9. The quantitative estimate of drug-likeness (QED) is 0.339. The molecule has 12 nitrogen and oxygen atoms in total. The number of amides is 1. The third-order valence-corrected chi connectivity index (χ3v) is 5.97. The molecule has 0 saturated carbocycles. The Balaban J connectivity index is 2.10. The number of aromatic nitrogens is 3. The summed E-state index contributed by atoms with van der Waals surface area (Å²) in [7, 11) is -2.26. The zero-order valence-corrected chi connectivity index (χ0v) is 21.8. The van der Waals surface area contributed by atoms with Gasteiger partial charge in [0.05, 0.1) is 24.4 Å². The summed E-state index contributed by atoms with van der Waals surface area (Å²) >= 11 is 0. The number of pyridine rings is 1. The molecule has 0 spiro atoms. The van der Waals surface area contributed by atoms with Gasteiger partial charge in [0.25, 0.3) is 5.91 Å². The van der Waals surface area contributed by atoms with E-state index >= 15 is 0 Å². The van der Waals surface area contributed by atoms with Crippen molar-refractivity contribution in [1.82, 2.24) is 19.3 Å². The highest BCUT2D eigenvalue weighted by atomic mass is 32.2. The minimum Gasteiger partial charge on any atom is -0.467 e. The number of rotatable bonds is 12. The molecule has 2 N–H and O–H groups in total. The van der Waals surface area contributed by atoms with E-state index in [0.717, 1.165) is 11.6 Å². The van der Waals surface area contributed by atoms with Gasteiger partial charge in [-0.25, -0.2) is 27.9 Å². The van der Waals surface area contributed by atoms with Crippen LogP contribution in [0.15, 0.2) is 24.3 Å². The predicted molar refractivity (Wildman–Crippen MR) is 134 cm³/mol. The minimum atomic E-state index is -3.48. The van der Waals surface area contributed by atoms with Crippen LogP contribution in [-0.4, -0.2) is 73.6 Å². The van der Waals surface area contributed by atoms with Crippen LogP contribution in [0.1, 0.15) is 26.6 Å². The second kappa shape index (κ2) is 11.3. The number of carbonyl (C=O) groups excluding carboxylic acids is 2. The molecule has 0 aliphatic rings. The van der Waals surface area contributed by atoms with E-state index in [-0.39, 0.29) is 32.2 Å². The summed E-state index contributed by atoms with van der Waals surface area (Å²) < 4.78 is 43.7. The van der Waals surface area contributed by atoms with Gasteiger partial charge in [0, 0.05) is 24.1 Å². The van der Waals surface area contributed by atoms with Crippen molar-refractivity contribution in [3.8, 4) is 0 Å². The fourth-order valence-electron chi connectivity index (χ4n) is 3.83. The molecule has 1 aromatic carbocycles. The zero-order chi connectivity index (χ0) is 26.5. The monoisotopic (exact) mass is 521 g/mol. The SMILES string of the molecule is CCOCc1nc2c(NC(=O)COCC(=O)OC)nc3ccccc3c2n1CC(C)(C)NS(C)(=O)=O. The van der Waals surface area contributed by atoms with E-state index in [9.17, 15) is 18.0 Å². The Kier molecular flexibility index (Phi) is 8.61. The average molecular weight is 522 g/mol. The number of methoxy groups -OCH3 is 1. The molecule has 0 fully saturated rings. The molecule has 2 heterocycles. The first kappa shape index (κ1) is 27.5. The lowest BCUT2D eigenvalue weighted by molar-refractivity contribution is -0.146. The van der Waals surface area contributed by atoms with Crippen LogP contribution in [0, 0.1) is 0 Å². The normalized spacial score (nSPS) is 12.2. The highest BCUT2D eigenvalue weighted by Gasteiger charge is 2.27. The van der Waals surface area contributed by atoms with Crippen LogP contribution in [-0.2, 0) is 47.0 Å². The van der Waals surface area contributed by atoms with Gasteiger partial charge in [0.15, 0.2) is 5.82 Å². The van der Waals surface area contributed by atoms with E-state index in [1.807, 2.05) is 29.7 Å². The van der Waals surface area contributed by atoms with E-state index in [1.165, 1.54) is 7.11 Å². The van der Waals surface area contributed by atoms with E-state index in [2.05, 4.69) is 19.8 Å². The van der Waals surface area contributed by atoms with Crippen molar-refractivity contribution < 1.29 is 32.2 Å². The number of anilines is 1. The summed E-state index contributed by atoms with van der Waals surface area (Å²) in [4.78, 5) is 33.1. The molecule has 36 heavy (non-hydrogen) atoms. The molecule has 196 valence electrons. The van der Waals surface area contributed by atoms with Crippen molar-refractivity contribution in [2.75, 3.05) is 38.5 Å². The molecule has 0 unspecified atom stereocenters. The second-order valence-electron chi connectivity index (χ2n) is 8.80. The minimum absolute atomic E-state index is 0.171. The van der Waals surface area contributed by atoms with Gasteiger partial charge in [-0.3, -0.25) is 4.79 Å². The number of imidazole rings is 1. The zero-order valence-electron chi connectivity index (χ0n) is 21.0. The molecule has 0 radical (unpaired) electrons. The number of nitrogens with zero attached hydrogens (tertiary/aromatic N) is 3. The maximum atomic E-state index is 12.5. The van der Waals surface area contributed by atoms with Crippen LogP contribution in [0.3, 0.4) is 0 Å². The summed E-state index contributed by atoms with van der Waals surface area (Å²) in [6, 6.07) is 7.37. The Morgan fingerprint density at radius 3 is 2.50 bits per heavy atom. The van der Waals surface area contributed by atoms with Crippen molar-refractivity contribution in [1.29, 1.82) is 0 Å². The maximum Gasteiger partial charge on any atom is 0.331 e. The van der Waals surface area contributed by atoms with E-state index < -0.39 is 27.4 Å². The molecule has 2 aromatic heterocycles. The topological polar surface area (TPSA) is 151 Å². The summed E-state index contributed by atoms with van der Waals surface area (Å²) in [5.74, 6) is -0.367. The molecule has 0 aliphatic heterocycles. The molecule has 0 aliphatic carbocycles. The first-order valence-electron chi connectivity index (χ1n) is 11.2. The molecule has 13 heteroatoms. The number of ether oxygens (including phenoxy) is 3. The van der Waals surface area contributed by atoms with Gasteiger partial charge in [-0.15, -0.1) is 0 Å². The number of hydrogen-bond donors (Lipinski definition) is 2. The third-order valence-electron chi connectivity index (χ3n) is 5.05. The molecule has 0 atom stereocenters. The van der Waals surface area contributed by atoms with Crippen molar-refractivity contribution in [2.45, 2.75) is 39.5 Å². The Morgan fingerprint density at radius 2 is 1.83 bits per heavy atom. The average Bonchev–Trinajstić information content (AvgIpc) is 3.13. The van der Waals surface area contributed by atoms with Gasteiger partial charge in [0.1, 0.15) is 31.2 Å². The molecule has 0 saturated heterocycles. The molecule has 1 amide bonds. The van der Waals surface area contributed by atoms with Crippen molar-refractivity contribution in [2.24, 2.45) is 0 Å². The highest BCUT2D eigenvalue weighted by Crippen LogP contribution is 2.31. The van der Waals surface area contributed by atoms with Crippen LogP contribution >= 0.6 is 0 Å². The highest BCUT2D eigenvalue weighted by molar-refractivity contribution is 7.88. The maximum absolute atomic E-state index is 12.5. The van der Waals surface area contributed by atoms with Gasteiger partial charge in [-0.2, -0.15) is 0 Å². The number of esters is 1. The molecule has 0 bridgehead atoms. The Hall–Kier alpha value is -3.13. The van der Waals surface area contributed by atoms with Gasteiger partial charge in [0.2, 0.25) is 10.0 Å². The number of para-hydroxylation sites is 1. The van der Waals surface area contributed by atoms with Crippen LogP contribution in [0.2, 0.25) is 0 Å². The number of sulfonamides is 1. The third kappa shape index (κ3) is 6.97. The standard InChI is InChI=1S/C23H31N5O7S/c1-6-34-11-17-25-20-21(28(17)14-23(2,3)27-36(5,31)32)15-9-7-8-10-16(15)24-22(20)26-18(29)12-35-13-19(30)33-4/h7-10,27H,6,11-14H2,1-5H3,(H,24,26,29). The van der Waals surface area contributed by atoms with Crippen molar-refractivity contribution in [3.63, 3.8) is 0 Å². The predicted octanol–water partition coefficient (Wildman–Crippen LogP) is 1.58. The lowest BCUT2D eigenvalue weighted by atomic mass is 10.1. The van der Waals surface area contributed by atoms with E-state index in [0.29, 0.717) is 29.0 Å². The summed E-state index contributed by atoms with van der Waals surface area (Å²) in [5, 5.41) is 3.49. The fourth-order valence-corrected chi connectivity index (χ4v) is 4.90. The van der Waals surface area contributed by atoms with Gasteiger partial charge in [-0.05, 0) is 26.8 Å². The smallest absolute Gasteiger partial charge is 0.331 e. The Bertz CT molecular complexity index is 1370. The second-order valence-corrected chi connectivity index (χ2v) is 10.5. The van der Waals surface area contributed by atoms with Crippen molar-refractivity contribution in [3.05, 3.63) is 30.1 Å². The van der Waals surface area contributed by atoms with Crippen molar-refractivity contribution >= 4 is 49.7 Å². The lowest BCUT2D eigenvalue weighted by Crippen LogP contribution is -2.46. The first-order valence-corrected chi connectivity index (χ1v) is 13.1. The summed E-state index contributed by atoms with van der Waals surface area (Å²) in [6.07, 6.45) is 1.11. The largest absolute Gasteiger partial charge is 0.467 e. The molecular formula is C23H31N5O7S. The number of carbonyl (C=O) groups is 2. The summed E-state index contributed by atoms with van der Waals surface area (Å²) in [6.45, 7) is 5.52. The lowest BCUT2D eigenvalue weighted by Gasteiger charge is -2.27. The molecule has 3 aromatic rings. The van der Waals surface area contributed by atoms with Gasteiger partial charge in [-0.1, -0.05) is 18.2 Å². The van der Waals surface area contributed by atoms with Crippen LogP contribution < -0.4 is 10.0 Å². The van der Waals surface area contributed by atoms with Crippen LogP contribution in [0.5, 0.6) is 0 Å². The van der Waals surface area contributed by atoms with Crippen LogP contribution in [0.4, 0.5) is 5.82 Å². The summed E-state index contributed by atoms with van der Waals surface area (Å²) in [5.41, 5.74) is 0.829. The van der Waals surface area contributed by atoms with E-state index in [4.69, 9.17) is 14.5 Å². The Labute approximate surface area is 209 Å².